The highest BCUT2D eigenvalue weighted by Gasteiger charge is 2.19. The smallest absolute Gasteiger partial charge is 0.173 e. The van der Waals surface area contributed by atoms with Gasteiger partial charge in [-0.3, -0.25) is 0 Å². The van der Waals surface area contributed by atoms with E-state index in [9.17, 15) is 4.39 Å². The average Bonchev–Trinajstić information content (AvgIpc) is 3.32. The van der Waals surface area contributed by atoms with Crippen molar-refractivity contribution in [2.24, 2.45) is 0 Å². The largest absolute Gasteiger partial charge is 0.335 e. The zero-order chi connectivity index (χ0) is 22.8. The van der Waals surface area contributed by atoms with Crippen LogP contribution in [0, 0.1) is 11.6 Å². The van der Waals surface area contributed by atoms with Crippen molar-refractivity contribution in [3.63, 3.8) is 0 Å². The molecule has 0 radical (unpaired) electrons. The lowest BCUT2D eigenvalue weighted by Crippen LogP contribution is -2.04. The van der Waals surface area contributed by atoms with E-state index in [2.05, 4.69) is 35.0 Å². The molecule has 0 saturated carbocycles. The summed E-state index contributed by atoms with van der Waals surface area (Å²) in [7, 11) is 0. The van der Waals surface area contributed by atoms with Crippen LogP contribution in [0.5, 0.6) is 0 Å². The summed E-state index contributed by atoms with van der Waals surface area (Å²) in [6.45, 7) is 0. The maximum atomic E-state index is 15.3. The van der Waals surface area contributed by atoms with Gasteiger partial charge in [0.05, 0.1) is 12.0 Å². The minimum Gasteiger partial charge on any atom is -0.335 e. The van der Waals surface area contributed by atoms with E-state index in [1.54, 1.807) is 36.4 Å². The van der Waals surface area contributed by atoms with Crippen molar-refractivity contribution in [2.75, 3.05) is 10.0 Å². The van der Waals surface area contributed by atoms with E-state index in [0.29, 0.717) is 27.4 Å². The van der Waals surface area contributed by atoms with Gasteiger partial charge < -0.3 is 15.0 Å². The van der Waals surface area contributed by atoms with Crippen LogP contribution in [-0.4, -0.2) is 24.9 Å². The van der Waals surface area contributed by atoms with E-state index in [-0.39, 0.29) is 17.2 Å². The van der Waals surface area contributed by atoms with Gasteiger partial charge in [0.15, 0.2) is 11.5 Å². The number of hydrogen-bond acceptors (Lipinski definition) is 7. The first-order valence-electron chi connectivity index (χ1n) is 9.63. The molecule has 0 aliphatic heterocycles. The van der Waals surface area contributed by atoms with Gasteiger partial charge in [-0.1, -0.05) is 11.6 Å². The number of anilines is 3. The number of halogens is 3. The third kappa shape index (κ3) is 4.30. The van der Waals surface area contributed by atoms with Crippen LogP contribution in [0.2, 0.25) is 5.02 Å². The molecule has 0 fully saturated rings. The van der Waals surface area contributed by atoms with Gasteiger partial charge in [0.1, 0.15) is 34.9 Å². The summed E-state index contributed by atoms with van der Waals surface area (Å²) in [6.07, 6.45) is 4.40. The topological polar surface area (TPSA) is 91.4 Å². The molecule has 2 aromatic carbocycles. The molecule has 0 amide bonds. The minimum atomic E-state index is -0.791. The van der Waals surface area contributed by atoms with Crippen molar-refractivity contribution in [2.45, 2.75) is 4.90 Å². The first-order chi connectivity index (χ1) is 16.1. The Morgan fingerprint density at radius 1 is 0.939 bits per heavy atom. The summed E-state index contributed by atoms with van der Waals surface area (Å²) in [6, 6.07) is 13.0. The number of aromatic amines is 1. The van der Waals surface area contributed by atoms with Crippen molar-refractivity contribution in [3.8, 4) is 11.3 Å². The van der Waals surface area contributed by atoms with Crippen molar-refractivity contribution >= 4 is 51.9 Å². The first-order valence-corrected chi connectivity index (χ1v) is 10.8. The van der Waals surface area contributed by atoms with Crippen molar-refractivity contribution in [1.29, 1.82) is 0 Å². The minimum absolute atomic E-state index is 0.105. The highest BCUT2D eigenvalue weighted by Crippen LogP contribution is 2.35. The molecule has 5 rings (SSSR count). The number of H-pyrrole nitrogens is 1. The molecule has 0 unspecified atom stereocenters. The lowest BCUT2D eigenvalue weighted by Gasteiger charge is -2.14. The van der Waals surface area contributed by atoms with Gasteiger partial charge in [-0.15, -0.1) is 0 Å². The molecule has 0 saturated heterocycles. The van der Waals surface area contributed by atoms with Gasteiger partial charge in [0.2, 0.25) is 0 Å². The van der Waals surface area contributed by atoms with Crippen LogP contribution in [-0.2, 0) is 0 Å². The molecular weight excluding hydrogens is 468 g/mol. The lowest BCUT2D eigenvalue weighted by atomic mass is 10.1. The van der Waals surface area contributed by atoms with Gasteiger partial charge in [-0.25, -0.2) is 28.7 Å². The van der Waals surface area contributed by atoms with Crippen LogP contribution in [0.1, 0.15) is 0 Å². The second-order valence-electron chi connectivity index (χ2n) is 6.79. The Balaban J connectivity index is 1.47. The fraction of sp³-hybridized carbons (Fsp3) is 0. The average molecular weight is 482 g/mol. The Morgan fingerprint density at radius 2 is 1.79 bits per heavy atom. The van der Waals surface area contributed by atoms with E-state index < -0.39 is 11.6 Å². The predicted molar refractivity (Wildman–Crippen MR) is 125 cm³/mol. The van der Waals surface area contributed by atoms with Crippen molar-refractivity contribution in [1.82, 2.24) is 24.9 Å². The number of rotatable bonds is 6. The van der Waals surface area contributed by atoms with Gasteiger partial charge >= 0.3 is 0 Å². The standard InChI is InChI=1S/C22H14ClF2N7S/c23-12-3-5-13(6-4-12)33-32-16-8-7-15(24)19(17(16)25)31-21-14(2-1-9-26-21)18-20-22(29-10-27-18)30-11-28-20/h1-11,32H,(H,26,31)(H,27,28,29,30). The zero-order valence-electron chi connectivity index (χ0n) is 16.7. The molecule has 3 N–H and O–H groups in total. The highest BCUT2D eigenvalue weighted by atomic mass is 35.5. The fourth-order valence-electron chi connectivity index (χ4n) is 3.14. The van der Waals surface area contributed by atoms with Gasteiger partial charge in [0.25, 0.3) is 0 Å². The molecule has 33 heavy (non-hydrogen) atoms. The van der Waals surface area contributed by atoms with Gasteiger partial charge in [0, 0.05) is 21.7 Å². The number of fused-ring (bicyclic) bond motifs is 1. The molecule has 11 heteroatoms. The molecule has 5 aromatic rings. The normalized spacial score (nSPS) is 11.0. The number of benzene rings is 2. The Bertz CT molecular complexity index is 1440. The molecule has 164 valence electrons. The van der Waals surface area contributed by atoms with Gasteiger partial charge in [-0.05, 0) is 60.5 Å². The van der Waals surface area contributed by atoms with Crippen LogP contribution in [0.4, 0.5) is 26.0 Å². The molecular formula is C22H14ClF2N7S. The molecule has 0 atom stereocenters. The summed E-state index contributed by atoms with van der Waals surface area (Å²) in [5.74, 6) is -1.33. The number of nitrogens with zero attached hydrogens (tertiary/aromatic N) is 4. The summed E-state index contributed by atoms with van der Waals surface area (Å²) in [5.41, 5.74) is 1.81. The fourth-order valence-corrected chi connectivity index (χ4v) is 3.92. The summed E-state index contributed by atoms with van der Waals surface area (Å²) < 4.78 is 32.8. The Hall–Kier alpha value is -3.76. The summed E-state index contributed by atoms with van der Waals surface area (Å²) in [4.78, 5) is 20.7. The molecule has 0 aliphatic rings. The van der Waals surface area contributed by atoms with E-state index in [1.807, 2.05) is 0 Å². The molecule has 0 bridgehead atoms. The quantitative estimate of drug-likeness (QED) is 0.248. The Kier molecular flexibility index (Phi) is 5.76. The number of nitrogens with one attached hydrogen (secondary N) is 3. The number of hydrogen-bond donors (Lipinski definition) is 3. The number of pyridine rings is 1. The molecule has 0 spiro atoms. The van der Waals surface area contributed by atoms with E-state index in [0.717, 1.165) is 4.90 Å². The SMILES string of the molecule is Fc1ccc(NSc2ccc(Cl)cc2)c(F)c1Nc1ncccc1-c1ncnc2[nH]cnc12. The van der Waals surface area contributed by atoms with E-state index in [4.69, 9.17) is 11.6 Å². The third-order valence-electron chi connectivity index (χ3n) is 4.71. The maximum Gasteiger partial charge on any atom is 0.173 e. The van der Waals surface area contributed by atoms with Crippen LogP contribution in [0.25, 0.3) is 22.4 Å². The third-order valence-corrected chi connectivity index (χ3v) is 5.79. The highest BCUT2D eigenvalue weighted by molar-refractivity contribution is 8.00. The van der Waals surface area contributed by atoms with Crippen LogP contribution in [0.3, 0.4) is 0 Å². The zero-order valence-corrected chi connectivity index (χ0v) is 18.3. The van der Waals surface area contributed by atoms with Crippen molar-refractivity contribution in [3.05, 3.63) is 84.0 Å². The monoisotopic (exact) mass is 481 g/mol. The maximum absolute atomic E-state index is 15.3. The molecule has 0 aliphatic carbocycles. The summed E-state index contributed by atoms with van der Waals surface area (Å²) in [5, 5.41) is 3.38. The summed E-state index contributed by atoms with van der Waals surface area (Å²) >= 11 is 7.07. The second-order valence-corrected chi connectivity index (χ2v) is 8.10. The van der Waals surface area contributed by atoms with Crippen LogP contribution < -0.4 is 10.0 Å². The second kappa shape index (κ2) is 9.00. The van der Waals surface area contributed by atoms with Crippen LogP contribution >= 0.6 is 23.5 Å². The van der Waals surface area contributed by atoms with Crippen molar-refractivity contribution < 1.29 is 8.78 Å². The predicted octanol–water partition coefficient (Wildman–Crippen LogP) is 6.21. The van der Waals surface area contributed by atoms with Crippen LogP contribution in [0.15, 0.2) is 72.3 Å². The molecule has 7 nitrogen and oxygen atoms in total. The van der Waals surface area contributed by atoms with Gasteiger partial charge in [-0.2, -0.15) is 0 Å². The molecule has 3 heterocycles. The number of aromatic nitrogens is 5. The Labute approximate surface area is 195 Å². The van der Waals surface area contributed by atoms with E-state index >= 15 is 4.39 Å². The van der Waals surface area contributed by atoms with E-state index in [1.165, 1.54) is 42.9 Å². The Morgan fingerprint density at radius 3 is 2.64 bits per heavy atom. The molecule has 3 aromatic heterocycles. The lowest BCUT2D eigenvalue weighted by molar-refractivity contribution is 0.593. The number of imidazole rings is 1. The first kappa shape index (κ1) is 21.1.